The average molecular weight is 280 g/mol. The molecule has 0 aliphatic heterocycles. The lowest BCUT2D eigenvalue weighted by Gasteiger charge is -1.95. The zero-order valence-electron chi connectivity index (χ0n) is 10.5. The van der Waals surface area contributed by atoms with E-state index in [9.17, 15) is 4.79 Å². The Morgan fingerprint density at radius 3 is 3.00 bits per heavy atom. The number of aromatic carboxylic acids is 1. The molecule has 102 valence electrons. The summed E-state index contributed by atoms with van der Waals surface area (Å²) in [7, 11) is 0. The minimum absolute atomic E-state index is 0.0999. The first-order valence-corrected chi connectivity index (χ1v) is 6.10. The highest BCUT2D eigenvalue weighted by Crippen LogP contribution is 2.25. The van der Waals surface area contributed by atoms with Crippen LogP contribution in [0.4, 0.5) is 0 Å². The van der Waals surface area contributed by atoms with E-state index in [2.05, 4.69) is 30.1 Å². The lowest BCUT2D eigenvalue weighted by atomic mass is 10.2. The van der Waals surface area contributed by atoms with E-state index in [0.29, 0.717) is 22.6 Å². The SMILES string of the molecule is O=C(O)c1cnc2n[nH]c(-c3nc4ccncc4[nH]3)c2c1. The maximum absolute atomic E-state index is 11.1. The average Bonchev–Trinajstić information content (AvgIpc) is 3.09. The Balaban J connectivity index is 1.96. The summed E-state index contributed by atoms with van der Waals surface area (Å²) in [5.41, 5.74) is 2.69. The van der Waals surface area contributed by atoms with Crippen LogP contribution in [0.5, 0.6) is 0 Å². The standard InChI is InChI=1S/C13H8N6O2/c20-13(21)6-3-7-10(18-19-11(7)15-4-6)12-16-8-1-2-14-5-9(8)17-12/h1-5H,(H,16,17)(H,20,21)(H,15,18,19). The number of carbonyl (C=O) groups is 1. The first-order chi connectivity index (χ1) is 10.2. The smallest absolute Gasteiger partial charge is 0.337 e. The molecule has 0 aliphatic rings. The molecule has 3 N–H and O–H groups in total. The van der Waals surface area contributed by atoms with Gasteiger partial charge in [0.1, 0.15) is 5.69 Å². The molecule has 0 atom stereocenters. The van der Waals surface area contributed by atoms with E-state index in [1.807, 2.05) is 0 Å². The number of H-pyrrole nitrogens is 2. The maximum Gasteiger partial charge on any atom is 0.337 e. The predicted molar refractivity (Wildman–Crippen MR) is 73.7 cm³/mol. The van der Waals surface area contributed by atoms with Crippen LogP contribution in [-0.2, 0) is 0 Å². The molecule has 4 heterocycles. The van der Waals surface area contributed by atoms with Crippen LogP contribution in [0.25, 0.3) is 33.6 Å². The zero-order chi connectivity index (χ0) is 14.4. The third-order valence-corrected chi connectivity index (χ3v) is 3.18. The fourth-order valence-corrected chi connectivity index (χ4v) is 2.17. The van der Waals surface area contributed by atoms with Gasteiger partial charge in [-0.15, -0.1) is 0 Å². The molecule has 4 aromatic heterocycles. The summed E-state index contributed by atoms with van der Waals surface area (Å²) in [6, 6.07) is 3.31. The van der Waals surface area contributed by atoms with Crippen LogP contribution in [0.1, 0.15) is 10.4 Å². The van der Waals surface area contributed by atoms with Crippen molar-refractivity contribution < 1.29 is 9.90 Å². The Labute approximate surface area is 116 Å². The summed E-state index contributed by atoms with van der Waals surface area (Å²) in [6.45, 7) is 0. The van der Waals surface area contributed by atoms with Crippen LogP contribution in [0, 0.1) is 0 Å². The summed E-state index contributed by atoms with van der Waals surface area (Å²) in [4.78, 5) is 26.7. The second kappa shape index (κ2) is 4.10. The Bertz CT molecular complexity index is 954. The summed E-state index contributed by atoms with van der Waals surface area (Å²) < 4.78 is 0. The lowest BCUT2D eigenvalue weighted by Crippen LogP contribution is -1.96. The van der Waals surface area contributed by atoms with Crippen LogP contribution >= 0.6 is 0 Å². The number of pyridine rings is 2. The largest absolute Gasteiger partial charge is 0.478 e. The summed E-state index contributed by atoms with van der Waals surface area (Å²) in [5.74, 6) is -0.477. The Hall–Kier alpha value is -3.29. The van der Waals surface area contributed by atoms with E-state index in [4.69, 9.17) is 5.11 Å². The van der Waals surface area contributed by atoms with Crippen molar-refractivity contribution >= 4 is 28.0 Å². The third-order valence-electron chi connectivity index (χ3n) is 3.18. The van der Waals surface area contributed by atoms with Crippen molar-refractivity contribution in [2.24, 2.45) is 0 Å². The van der Waals surface area contributed by atoms with Crippen molar-refractivity contribution in [2.75, 3.05) is 0 Å². The lowest BCUT2D eigenvalue weighted by molar-refractivity contribution is 0.0696. The number of nitrogens with zero attached hydrogens (tertiary/aromatic N) is 4. The van der Waals surface area contributed by atoms with E-state index in [1.54, 1.807) is 18.5 Å². The van der Waals surface area contributed by atoms with Gasteiger partial charge >= 0.3 is 5.97 Å². The number of hydrogen-bond acceptors (Lipinski definition) is 5. The van der Waals surface area contributed by atoms with Crippen LogP contribution in [0.3, 0.4) is 0 Å². The van der Waals surface area contributed by atoms with E-state index < -0.39 is 5.97 Å². The Morgan fingerprint density at radius 1 is 1.29 bits per heavy atom. The number of aromatic amines is 2. The van der Waals surface area contributed by atoms with Gasteiger partial charge in [-0.25, -0.2) is 14.8 Å². The van der Waals surface area contributed by atoms with Crippen molar-refractivity contribution in [1.82, 2.24) is 30.1 Å². The first-order valence-electron chi connectivity index (χ1n) is 6.10. The van der Waals surface area contributed by atoms with Gasteiger partial charge in [-0.1, -0.05) is 0 Å². The molecule has 0 aliphatic carbocycles. The molecule has 0 fully saturated rings. The second-order valence-corrected chi connectivity index (χ2v) is 4.48. The molecular weight excluding hydrogens is 272 g/mol. The fraction of sp³-hybridized carbons (Fsp3) is 0. The molecule has 8 nitrogen and oxygen atoms in total. The van der Waals surface area contributed by atoms with Gasteiger partial charge in [0, 0.05) is 12.4 Å². The summed E-state index contributed by atoms with van der Waals surface area (Å²) in [5, 5.41) is 16.6. The molecule has 0 spiro atoms. The molecule has 4 aromatic rings. The van der Waals surface area contributed by atoms with Crippen LogP contribution in [0.2, 0.25) is 0 Å². The number of imidazole rings is 1. The fourth-order valence-electron chi connectivity index (χ4n) is 2.17. The summed E-state index contributed by atoms with van der Waals surface area (Å²) >= 11 is 0. The normalized spacial score (nSPS) is 11.2. The molecule has 0 unspecified atom stereocenters. The van der Waals surface area contributed by atoms with Gasteiger partial charge < -0.3 is 10.1 Å². The van der Waals surface area contributed by atoms with Gasteiger partial charge in [-0.05, 0) is 12.1 Å². The van der Waals surface area contributed by atoms with Gasteiger partial charge in [0.25, 0.3) is 0 Å². The van der Waals surface area contributed by atoms with E-state index in [1.165, 1.54) is 12.3 Å². The number of hydrogen-bond donors (Lipinski definition) is 3. The van der Waals surface area contributed by atoms with Crippen LogP contribution < -0.4 is 0 Å². The van der Waals surface area contributed by atoms with Gasteiger partial charge in [0.15, 0.2) is 11.5 Å². The van der Waals surface area contributed by atoms with Crippen molar-refractivity contribution in [3.05, 3.63) is 36.3 Å². The molecule has 0 aromatic carbocycles. The van der Waals surface area contributed by atoms with Gasteiger partial charge in [-0.3, -0.25) is 10.1 Å². The van der Waals surface area contributed by atoms with Crippen molar-refractivity contribution in [3.63, 3.8) is 0 Å². The maximum atomic E-state index is 11.1. The number of fused-ring (bicyclic) bond motifs is 2. The number of nitrogens with one attached hydrogen (secondary N) is 2. The Kier molecular flexibility index (Phi) is 2.25. The molecule has 0 bridgehead atoms. The highest BCUT2D eigenvalue weighted by molar-refractivity contribution is 5.96. The van der Waals surface area contributed by atoms with E-state index >= 15 is 0 Å². The van der Waals surface area contributed by atoms with Crippen molar-refractivity contribution in [3.8, 4) is 11.5 Å². The van der Waals surface area contributed by atoms with E-state index in [-0.39, 0.29) is 5.56 Å². The minimum atomic E-state index is -1.04. The summed E-state index contributed by atoms with van der Waals surface area (Å²) in [6.07, 6.45) is 4.60. The Morgan fingerprint density at radius 2 is 2.19 bits per heavy atom. The van der Waals surface area contributed by atoms with Crippen molar-refractivity contribution in [1.29, 1.82) is 0 Å². The zero-order valence-corrected chi connectivity index (χ0v) is 10.5. The van der Waals surface area contributed by atoms with Gasteiger partial charge in [-0.2, -0.15) is 5.10 Å². The highest BCUT2D eigenvalue weighted by Gasteiger charge is 2.15. The van der Waals surface area contributed by atoms with E-state index in [0.717, 1.165) is 11.0 Å². The monoisotopic (exact) mass is 280 g/mol. The number of rotatable bonds is 2. The molecule has 0 saturated heterocycles. The molecule has 0 amide bonds. The number of carboxylic acid groups (broad SMARTS) is 1. The topological polar surface area (TPSA) is 120 Å². The number of carboxylic acids is 1. The van der Waals surface area contributed by atoms with Crippen molar-refractivity contribution in [2.45, 2.75) is 0 Å². The molecule has 21 heavy (non-hydrogen) atoms. The highest BCUT2D eigenvalue weighted by atomic mass is 16.4. The van der Waals surface area contributed by atoms with Gasteiger partial charge in [0.2, 0.25) is 0 Å². The quantitative estimate of drug-likeness (QED) is 0.512. The molecule has 0 radical (unpaired) electrons. The van der Waals surface area contributed by atoms with Crippen LogP contribution in [0.15, 0.2) is 30.7 Å². The minimum Gasteiger partial charge on any atom is -0.478 e. The van der Waals surface area contributed by atoms with Crippen LogP contribution in [-0.4, -0.2) is 41.2 Å². The first kappa shape index (κ1) is 11.5. The third kappa shape index (κ3) is 1.73. The predicted octanol–water partition coefficient (Wildman–Crippen LogP) is 1.59. The molecule has 8 heteroatoms. The second-order valence-electron chi connectivity index (χ2n) is 4.48. The number of aromatic nitrogens is 6. The molecule has 0 saturated carbocycles. The molecular formula is C13H8N6O2. The van der Waals surface area contributed by atoms with Gasteiger partial charge in [0.05, 0.1) is 28.2 Å². The molecule has 4 rings (SSSR count).